The maximum Gasteiger partial charge on any atom is 0.227 e. The van der Waals surface area contributed by atoms with Gasteiger partial charge in [-0.2, -0.15) is 0 Å². The van der Waals surface area contributed by atoms with E-state index in [0.29, 0.717) is 25.1 Å². The summed E-state index contributed by atoms with van der Waals surface area (Å²) in [6.07, 6.45) is 3.87. The van der Waals surface area contributed by atoms with Crippen LogP contribution >= 0.6 is 0 Å². The Kier molecular flexibility index (Phi) is 5.49. The number of methoxy groups -OCH3 is 1. The Morgan fingerprint density at radius 3 is 2.64 bits per heavy atom. The number of halogens is 1. The van der Waals surface area contributed by atoms with Crippen LogP contribution in [0.5, 0.6) is 5.75 Å². The molecule has 0 N–H and O–H groups in total. The van der Waals surface area contributed by atoms with Gasteiger partial charge in [0.05, 0.1) is 13.5 Å². The van der Waals surface area contributed by atoms with Crippen molar-refractivity contribution in [1.29, 1.82) is 0 Å². The number of amides is 1. The Balaban J connectivity index is 1.58. The Labute approximate surface area is 147 Å². The molecule has 1 aliphatic rings. The summed E-state index contributed by atoms with van der Waals surface area (Å²) in [5.41, 5.74) is 2.77. The maximum atomic E-state index is 13.7. The van der Waals surface area contributed by atoms with Crippen LogP contribution in [0.25, 0.3) is 6.08 Å². The fraction of sp³-hybridized carbons (Fsp3) is 0.286. The van der Waals surface area contributed by atoms with Crippen molar-refractivity contribution in [1.82, 2.24) is 4.90 Å². The van der Waals surface area contributed by atoms with Gasteiger partial charge in [0, 0.05) is 18.7 Å². The summed E-state index contributed by atoms with van der Waals surface area (Å²) in [7, 11) is 1.62. The molecule has 3 rings (SSSR count). The van der Waals surface area contributed by atoms with Crippen LogP contribution < -0.4 is 4.74 Å². The number of nitrogens with zero attached hydrogens (tertiary/aromatic N) is 1. The molecule has 1 fully saturated rings. The lowest BCUT2D eigenvalue weighted by Gasteiger charge is -2.28. The number of ether oxygens (including phenoxy) is 1. The van der Waals surface area contributed by atoms with Gasteiger partial charge in [-0.3, -0.25) is 4.79 Å². The molecule has 2 aromatic carbocycles. The SMILES string of the molecule is COc1cccc(CC(=O)N2CCC(=Cc3ccccc3F)CC2)c1. The lowest BCUT2D eigenvalue weighted by molar-refractivity contribution is -0.130. The minimum absolute atomic E-state index is 0.123. The molecule has 0 unspecified atom stereocenters. The van der Waals surface area contributed by atoms with E-state index in [2.05, 4.69) is 0 Å². The first kappa shape index (κ1) is 17.2. The molecule has 0 aromatic heterocycles. The van der Waals surface area contributed by atoms with Gasteiger partial charge in [-0.05, 0) is 36.6 Å². The zero-order chi connectivity index (χ0) is 17.6. The molecule has 1 heterocycles. The second-order valence-corrected chi connectivity index (χ2v) is 6.23. The predicted octanol–water partition coefficient (Wildman–Crippen LogP) is 4.08. The number of likely N-dealkylation sites (tertiary alicyclic amines) is 1. The maximum absolute atomic E-state index is 13.7. The van der Waals surface area contributed by atoms with Crippen molar-refractivity contribution in [3.8, 4) is 5.75 Å². The molecule has 0 bridgehead atoms. The minimum atomic E-state index is -0.202. The topological polar surface area (TPSA) is 29.5 Å². The van der Waals surface area contributed by atoms with Gasteiger partial charge in [0.25, 0.3) is 0 Å². The van der Waals surface area contributed by atoms with E-state index in [-0.39, 0.29) is 11.7 Å². The molecule has 1 saturated heterocycles. The van der Waals surface area contributed by atoms with Crippen LogP contribution in [-0.4, -0.2) is 31.0 Å². The smallest absolute Gasteiger partial charge is 0.227 e. The number of carbonyl (C=O) groups excluding carboxylic acids is 1. The molecule has 4 heteroatoms. The Hall–Kier alpha value is -2.62. The minimum Gasteiger partial charge on any atom is -0.497 e. The summed E-state index contributed by atoms with van der Waals surface area (Å²) >= 11 is 0. The quantitative estimate of drug-likeness (QED) is 0.840. The fourth-order valence-corrected chi connectivity index (χ4v) is 3.07. The standard InChI is InChI=1S/C21H22FNO2/c1-25-19-7-4-5-17(14-19)15-21(24)23-11-9-16(10-12-23)13-18-6-2-3-8-20(18)22/h2-8,13-14H,9-12,15H2,1H3. The first-order valence-corrected chi connectivity index (χ1v) is 8.50. The average molecular weight is 339 g/mol. The number of carbonyl (C=O) groups is 1. The van der Waals surface area contributed by atoms with E-state index < -0.39 is 0 Å². The molecule has 0 atom stereocenters. The molecular weight excluding hydrogens is 317 g/mol. The molecule has 130 valence electrons. The highest BCUT2D eigenvalue weighted by molar-refractivity contribution is 5.79. The summed E-state index contributed by atoms with van der Waals surface area (Å²) in [5, 5.41) is 0. The predicted molar refractivity (Wildman–Crippen MR) is 96.9 cm³/mol. The third-order valence-corrected chi connectivity index (χ3v) is 4.51. The van der Waals surface area contributed by atoms with Crippen LogP contribution in [-0.2, 0) is 11.2 Å². The summed E-state index contributed by atoms with van der Waals surface area (Å²) < 4.78 is 18.9. The molecule has 25 heavy (non-hydrogen) atoms. The molecule has 2 aromatic rings. The Bertz CT molecular complexity index is 775. The highest BCUT2D eigenvalue weighted by Gasteiger charge is 2.19. The van der Waals surface area contributed by atoms with Crippen molar-refractivity contribution in [3.63, 3.8) is 0 Å². The number of rotatable bonds is 4. The highest BCUT2D eigenvalue weighted by atomic mass is 19.1. The summed E-state index contributed by atoms with van der Waals surface area (Å²) in [4.78, 5) is 14.4. The van der Waals surface area contributed by atoms with Gasteiger partial charge in [0.15, 0.2) is 0 Å². The van der Waals surface area contributed by atoms with E-state index in [1.165, 1.54) is 11.6 Å². The van der Waals surface area contributed by atoms with E-state index >= 15 is 0 Å². The van der Waals surface area contributed by atoms with Crippen LogP contribution in [0.15, 0.2) is 54.1 Å². The van der Waals surface area contributed by atoms with E-state index in [9.17, 15) is 9.18 Å². The Morgan fingerprint density at radius 2 is 1.92 bits per heavy atom. The molecule has 0 radical (unpaired) electrons. The van der Waals surface area contributed by atoms with Gasteiger partial charge >= 0.3 is 0 Å². The molecule has 1 aliphatic heterocycles. The monoisotopic (exact) mass is 339 g/mol. The number of hydrogen-bond donors (Lipinski definition) is 0. The largest absolute Gasteiger partial charge is 0.497 e. The third-order valence-electron chi connectivity index (χ3n) is 4.51. The lowest BCUT2D eigenvalue weighted by atomic mass is 10.00. The van der Waals surface area contributed by atoms with E-state index in [1.807, 2.05) is 41.3 Å². The molecular formula is C21H22FNO2. The number of hydrogen-bond acceptors (Lipinski definition) is 2. The van der Waals surface area contributed by atoms with Crippen LogP contribution in [0, 0.1) is 5.82 Å². The van der Waals surface area contributed by atoms with Gasteiger partial charge in [0.2, 0.25) is 5.91 Å². The van der Waals surface area contributed by atoms with E-state index in [0.717, 1.165) is 24.2 Å². The first-order chi connectivity index (χ1) is 12.2. The second-order valence-electron chi connectivity index (χ2n) is 6.23. The van der Waals surface area contributed by atoms with Crippen LogP contribution in [0.4, 0.5) is 4.39 Å². The van der Waals surface area contributed by atoms with Gasteiger partial charge in [-0.15, -0.1) is 0 Å². The molecule has 0 saturated carbocycles. The summed E-state index contributed by atoms with van der Waals surface area (Å²) in [6.45, 7) is 1.37. The summed E-state index contributed by atoms with van der Waals surface area (Å²) in [6, 6.07) is 14.4. The first-order valence-electron chi connectivity index (χ1n) is 8.50. The zero-order valence-corrected chi connectivity index (χ0v) is 14.4. The molecule has 0 spiro atoms. The van der Waals surface area contributed by atoms with Crippen molar-refractivity contribution in [3.05, 3.63) is 71.0 Å². The molecule has 3 nitrogen and oxygen atoms in total. The fourth-order valence-electron chi connectivity index (χ4n) is 3.07. The molecule has 1 amide bonds. The summed E-state index contributed by atoms with van der Waals surface area (Å²) in [5.74, 6) is 0.684. The van der Waals surface area contributed by atoms with E-state index in [1.54, 1.807) is 19.2 Å². The van der Waals surface area contributed by atoms with Crippen molar-refractivity contribution in [2.24, 2.45) is 0 Å². The van der Waals surface area contributed by atoms with Gasteiger partial charge in [0.1, 0.15) is 11.6 Å². The van der Waals surface area contributed by atoms with Crippen LogP contribution in [0.2, 0.25) is 0 Å². The average Bonchev–Trinajstić information content (AvgIpc) is 2.64. The highest BCUT2D eigenvalue weighted by Crippen LogP contribution is 2.22. The van der Waals surface area contributed by atoms with E-state index in [4.69, 9.17) is 4.74 Å². The van der Waals surface area contributed by atoms with Gasteiger partial charge < -0.3 is 9.64 Å². The van der Waals surface area contributed by atoms with Crippen LogP contribution in [0.1, 0.15) is 24.0 Å². The van der Waals surface area contributed by atoms with Crippen LogP contribution in [0.3, 0.4) is 0 Å². The zero-order valence-electron chi connectivity index (χ0n) is 14.4. The van der Waals surface area contributed by atoms with Crippen molar-refractivity contribution in [2.45, 2.75) is 19.3 Å². The van der Waals surface area contributed by atoms with Crippen molar-refractivity contribution in [2.75, 3.05) is 20.2 Å². The number of benzene rings is 2. The van der Waals surface area contributed by atoms with Gasteiger partial charge in [-0.1, -0.05) is 42.0 Å². The number of piperidine rings is 1. The van der Waals surface area contributed by atoms with Crippen molar-refractivity contribution >= 4 is 12.0 Å². The Morgan fingerprint density at radius 1 is 1.16 bits per heavy atom. The second kappa shape index (κ2) is 7.97. The normalized spacial score (nSPS) is 14.3. The lowest BCUT2D eigenvalue weighted by Crippen LogP contribution is -2.37. The van der Waals surface area contributed by atoms with Crippen molar-refractivity contribution < 1.29 is 13.9 Å². The van der Waals surface area contributed by atoms with Gasteiger partial charge in [-0.25, -0.2) is 4.39 Å². The third kappa shape index (κ3) is 4.47. The molecule has 0 aliphatic carbocycles.